The smallest absolute Gasteiger partial charge is 0.251 e. The van der Waals surface area contributed by atoms with Gasteiger partial charge in [0.2, 0.25) is 0 Å². The van der Waals surface area contributed by atoms with Crippen molar-refractivity contribution in [2.24, 2.45) is 0 Å². The summed E-state index contributed by atoms with van der Waals surface area (Å²) in [6.07, 6.45) is 4.55. The highest BCUT2D eigenvalue weighted by molar-refractivity contribution is 6.04. The van der Waals surface area contributed by atoms with Crippen molar-refractivity contribution in [3.63, 3.8) is 0 Å². The molecule has 10 heteroatoms. The normalized spacial score (nSPS) is 11.5. The molecule has 4 rings (SSSR count). The number of halogens is 1. The third-order valence-electron chi connectivity index (χ3n) is 4.84. The number of nitrogen functional groups attached to an aromatic ring is 1. The first-order valence-electron chi connectivity index (χ1n) is 9.75. The third-order valence-corrected chi connectivity index (χ3v) is 4.84. The molecule has 0 atom stereocenters. The Morgan fingerprint density at radius 3 is 2.78 bits per heavy atom. The Labute approximate surface area is 182 Å². The molecular formula is C22H20FN7O2. The number of nitrogens with zero attached hydrogens (tertiary/aromatic N) is 5. The van der Waals surface area contributed by atoms with E-state index >= 15 is 0 Å². The highest BCUT2D eigenvalue weighted by Gasteiger charge is 2.18. The van der Waals surface area contributed by atoms with Crippen LogP contribution in [0.4, 0.5) is 15.9 Å². The Morgan fingerprint density at radius 2 is 2.09 bits per heavy atom. The van der Waals surface area contributed by atoms with Gasteiger partial charge in [0.15, 0.2) is 11.6 Å². The van der Waals surface area contributed by atoms with E-state index in [9.17, 15) is 9.18 Å². The van der Waals surface area contributed by atoms with Crippen molar-refractivity contribution in [3.8, 4) is 22.9 Å². The number of aromatic nitrogens is 5. The maximum absolute atomic E-state index is 14.2. The fourth-order valence-electron chi connectivity index (χ4n) is 2.95. The highest BCUT2D eigenvalue weighted by Crippen LogP contribution is 2.26. The van der Waals surface area contributed by atoms with E-state index in [4.69, 9.17) is 10.3 Å². The van der Waals surface area contributed by atoms with Gasteiger partial charge in [0.1, 0.15) is 29.2 Å². The molecule has 4 aromatic rings. The Morgan fingerprint density at radius 1 is 1.28 bits per heavy atom. The largest absolute Gasteiger partial charge is 0.382 e. The molecule has 0 fully saturated rings. The number of allylic oxidation sites excluding steroid dienone is 1. The Bertz CT molecular complexity index is 1300. The van der Waals surface area contributed by atoms with E-state index in [1.54, 1.807) is 54.9 Å². The van der Waals surface area contributed by atoms with Gasteiger partial charge >= 0.3 is 0 Å². The molecule has 1 amide bonds. The quantitative estimate of drug-likeness (QED) is 0.445. The summed E-state index contributed by atoms with van der Waals surface area (Å²) in [7, 11) is 0. The predicted molar refractivity (Wildman–Crippen MR) is 117 cm³/mol. The minimum absolute atomic E-state index is 0.0962. The van der Waals surface area contributed by atoms with Crippen LogP contribution in [0.3, 0.4) is 0 Å². The van der Waals surface area contributed by atoms with Gasteiger partial charge in [-0.3, -0.25) is 9.48 Å². The molecule has 0 aliphatic heterocycles. The van der Waals surface area contributed by atoms with Gasteiger partial charge in [-0.05, 0) is 26.0 Å². The lowest BCUT2D eigenvalue weighted by atomic mass is 10.2. The van der Waals surface area contributed by atoms with Gasteiger partial charge in [-0.15, -0.1) is 0 Å². The van der Waals surface area contributed by atoms with Gasteiger partial charge in [0.05, 0.1) is 18.4 Å². The van der Waals surface area contributed by atoms with Crippen LogP contribution >= 0.6 is 0 Å². The van der Waals surface area contributed by atoms with Crippen LogP contribution in [-0.2, 0) is 11.3 Å². The number of nitrogens with one attached hydrogen (secondary N) is 1. The van der Waals surface area contributed by atoms with Gasteiger partial charge in [-0.2, -0.15) is 5.10 Å². The van der Waals surface area contributed by atoms with Crippen LogP contribution in [-0.4, -0.2) is 30.8 Å². The molecule has 3 heterocycles. The third kappa shape index (κ3) is 4.24. The molecule has 32 heavy (non-hydrogen) atoms. The van der Waals surface area contributed by atoms with Crippen molar-refractivity contribution in [3.05, 3.63) is 71.9 Å². The van der Waals surface area contributed by atoms with Crippen molar-refractivity contribution in [1.29, 1.82) is 0 Å². The molecule has 0 bridgehead atoms. The van der Waals surface area contributed by atoms with E-state index in [0.29, 0.717) is 33.9 Å². The summed E-state index contributed by atoms with van der Waals surface area (Å²) in [6, 6.07) is 9.85. The number of rotatable bonds is 6. The van der Waals surface area contributed by atoms with Crippen LogP contribution in [0.2, 0.25) is 0 Å². The first-order valence-corrected chi connectivity index (χ1v) is 9.75. The van der Waals surface area contributed by atoms with Gasteiger partial charge in [-0.1, -0.05) is 29.4 Å². The zero-order valence-corrected chi connectivity index (χ0v) is 17.4. The average molecular weight is 433 g/mol. The Kier molecular flexibility index (Phi) is 5.75. The molecule has 3 N–H and O–H groups in total. The van der Waals surface area contributed by atoms with E-state index in [1.165, 1.54) is 18.5 Å². The monoisotopic (exact) mass is 433 g/mol. The Balaban J connectivity index is 1.69. The van der Waals surface area contributed by atoms with E-state index < -0.39 is 0 Å². The number of benzene rings is 1. The fourth-order valence-corrected chi connectivity index (χ4v) is 2.95. The van der Waals surface area contributed by atoms with Crippen molar-refractivity contribution in [1.82, 2.24) is 24.9 Å². The van der Waals surface area contributed by atoms with Gasteiger partial charge in [-0.25, -0.2) is 14.4 Å². The summed E-state index contributed by atoms with van der Waals surface area (Å²) in [5, 5.41) is 11.2. The summed E-state index contributed by atoms with van der Waals surface area (Å²) >= 11 is 0. The molecule has 0 spiro atoms. The van der Waals surface area contributed by atoms with Crippen LogP contribution in [0, 0.1) is 5.82 Å². The second-order valence-electron chi connectivity index (χ2n) is 6.97. The van der Waals surface area contributed by atoms with Gasteiger partial charge < -0.3 is 15.6 Å². The summed E-state index contributed by atoms with van der Waals surface area (Å²) < 4.78 is 20.8. The number of amides is 1. The van der Waals surface area contributed by atoms with Crippen LogP contribution in [0.1, 0.15) is 19.4 Å². The molecule has 0 aliphatic carbocycles. The van der Waals surface area contributed by atoms with Crippen LogP contribution in [0.5, 0.6) is 0 Å². The maximum atomic E-state index is 14.2. The summed E-state index contributed by atoms with van der Waals surface area (Å²) in [4.78, 5) is 20.6. The van der Waals surface area contributed by atoms with E-state index in [1.807, 2.05) is 0 Å². The molecule has 1 aromatic carbocycles. The number of hydrogen-bond acceptors (Lipinski definition) is 7. The van der Waals surface area contributed by atoms with E-state index in [-0.39, 0.29) is 29.9 Å². The molecular weight excluding hydrogens is 413 g/mol. The fraction of sp³-hybridized carbons (Fsp3) is 0.136. The molecule has 0 saturated heterocycles. The number of nitrogens with two attached hydrogens (primary N) is 1. The topological polar surface area (TPSA) is 125 Å². The van der Waals surface area contributed by atoms with Crippen molar-refractivity contribution >= 4 is 17.4 Å². The summed E-state index contributed by atoms with van der Waals surface area (Å²) in [5.41, 5.74) is 8.87. The van der Waals surface area contributed by atoms with Gasteiger partial charge in [0, 0.05) is 17.2 Å². The molecule has 162 valence electrons. The van der Waals surface area contributed by atoms with Crippen LogP contribution in [0.15, 0.2) is 65.0 Å². The number of anilines is 2. The first-order chi connectivity index (χ1) is 15.5. The number of carbonyl (C=O) groups is 1. The number of carbonyl (C=O) groups excluding carboxylic acids is 1. The van der Waals surface area contributed by atoms with E-state index in [0.717, 1.165) is 0 Å². The standard InChI is InChI=1S/C22H20FN7O2/c1-3-13(2)22(31)26-18-11-25-21(27-20(18)24)17-10-19(16-8-9-32-29-16)30(28-17)12-14-6-4-5-7-15(14)23/h3-11H,12H2,1-2H3,(H,26,31)(H2,24,25,27). The second kappa shape index (κ2) is 8.80. The maximum Gasteiger partial charge on any atom is 0.251 e. The molecule has 0 unspecified atom stereocenters. The summed E-state index contributed by atoms with van der Waals surface area (Å²) in [5.74, 6) is -0.287. The van der Waals surface area contributed by atoms with Crippen molar-refractivity contribution in [2.75, 3.05) is 11.1 Å². The molecule has 0 saturated carbocycles. The predicted octanol–water partition coefficient (Wildman–Crippen LogP) is 3.67. The lowest BCUT2D eigenvalue weighted by Crippen LogP contribution is -2.15. The SMILES string of the molecule is CC=C(C)C(=O)Nc1cnc(-c2cc(-c3ccon3)n(Cc3ccccc3F)n2)nc1N. The van der Waals surface area contributed by atoms with Crippen LogP contribution in [0.25, 0.3) is 22.9 Å². The van der Waals surface area contributed by atoms with Crippen molar-refractivity contribution < 1.29 is 13.7 Å². The zero-order valence-electron chi connectivity index (χ0n) is 17.4. The van der Waals surface area contributed by atoms with Crippen molar-refractivity contribution in [2.45, 2.75) is 20.4 Å². The molecule has 0 aliphatic rings. The highest BCUT2D eigenvalue weighted by atomic mass is 19.1. The molecule has 0 radical (unpaired) electrons. The molecule has 9 nitrogen and oxygen atoms in total. The number of hydrogen-bond donors (Lipinski definition) is 2. The first kappa shape index (κ1) is 20.9. The minimum atomic E-state index is -0.340. The zero-order chi connectivity index (χ0) is 22.7. The lowest BCUT2D eigenvalue weighted by molar-refractivity contribution is -0.112. The lowest BCUT2D eigenvalue weighted by Gasteiger charge is -2.08. The second-order valence-corrected chi connectivity index (χ2v) is 6.97. The van der Waals surface area contributed by atoms with Crippen LogP contribution < -0.4 is 11.1 Å². The van der Waals surface area contributed by atoms with Gasteiger partial charge in [0.25, 0.3) is 5.91 Å². The molecule has 3 aromatic heterocycles. The Hall–Kier alpha value is -4.34. The van der Waals surface area contributed by atoms with E-state index in [2.05, 4.69) is 25.5 Å². The average Bonchev–Trinajstić information content (AvgIpc) is 3.46. The summed E-state index contributed by atoms with van der Waals surface area (Å²) in [6.45, 7) is 3.62. The minimum Gasteiger partial charge on any atom is -0.382 e.